The van der Waals surface area contributed by atoms with E-state index in [1.807, 2.05) is 4.90 Å². The van der Waals surface area contributed by atoms with Crippen LogP contribution in [0.15, 0.2) is 24.3 Å². The number of hydrogen-bond acceptors (Lipinski definition) is 3. The molecule has 6 heteroatoms. The highest BCUT2D eigenvalue weighted by atomic mass is 19.4. The van der Waals surface area contributed by atoms with E-state index in [1.165, 1.54) is 12.1 Å². The molecule has 0 bridgehead atoms. The van der Waals surface area contributed by atoms with Crippen molar-refractivity contribution >= 4 is 5.69 Å². The van der Waals surface area contributed by atoms with Gasteiger partial charge in [-0.3, -0.25) is 0 Å². The lowest BCUT2D eigenvalue weighted by atomic mass is 10.1. The van der Waals surface area contributed by atoms with Crippen molar-refractivity contribution in [3.63, 3.8) is 0 Å². The number of rotatable bonds is 3. The molecule has 0 amide bonds. The van der Waals surface area contributed by atoms with E-state index in [4.69, 9.17) is 5.90 Å². The third kappa shape index (κ3) is 2.94. The Kier molecular flexibility index (Phi) is 3.77. The van der Waals surface area contributed by atoms with E-state index in [1.54, 1.807) is 6.07 Å². The van der Waals surface area contributed by atoms with Gasteiger partial charge >= 0.3 is 6.18 Å². The number of hydrogen-bond donors (Lipinski definition) is 1. The second-order valence-corrected chi connectivity index (χ2v) is 4.48. The molecule has 0 spiro atoms. The van der Waals surface area contributed by atoms with Gasteiger partial charge in [-0.2, -0.15) is 13.2 Å². The average molecular weight is 260 g/mol. The molecule has 1 saturated heterocycles. The molecule has 1 atom stereocenters. The van der Waals surface area contributed by atoms with Crippen LogP contribution < -0.4 is 10.8 Å². The molecule has 18 heavy (non-hydrogen) atoms. The van der Waals surface area contributed by atoms with Crippen LogP contribution in [-0.4, -0.2) is 19.7 Å². The zero-order valence-corrected chi connectivity index (χ0v) is 9.78. The summed E-state index contributed by atoms with van der Waals surface area (Å²) in [6, 6.07) is 5.40. The molecule has 1 unspecified atom stereocenters. The maximum atomic E-state index is 12.6. The second kappa shape index (κ2) is 5.16. The molecule has 1 aliphatic heterocycles. The number of anilines is 1. The third-order valence-electron chi connectivity index (χ3n) is 3.16. The minimum absolute atomic E-state index is 0.282. The smallest absolute Gasteiger partial charge is 0.371 e. The Bertz CT molecular complexity index is 409. The fourth-order valence-corrected chi connectivity index (χ4v) is 2.22. The first kappa shape index (κ1) is 13.2. The van der Waals surface area contributed by atoms with Gasteiger partial charge in [0.1, 0.15) is 0 Å². The van der Waals surface area contributed by atoms with Crippen LogP contribution in [0.2, 0.25) is 0 Å². The molecule has 0 radical (unpaired) electrons. The molecule has 1 aliphatic rings. The average Bonchev–Trinajstić information content (AvgIpc) is 2.77. The molecule has 1 aromatic rings. The van der Waals surface area contributed by atoms with Crippen molar-refractivity contribution in [1.29, 1.82) is 0 Å². The predicted molar refractivity (Wildman–Crippen MR) is 61.9 cm³/mol. The molecular formula is C12H15F3N2O. The largest absolute Gasteiger partial charge is 0.416 e. The van der Waals surface area contributed by atoms with Gasteiger partial charge in [-0.1, -0.05) is 6.07 Å². The second-order valence-electron chi connectivity index (χ2n) is 4.48. The van der Waals surface area contributed by atoms with Crippen molar-refractivity contribution in [3.8, 4) is 0 Å². The van der Waals surface area contributed by atoms with Gasteiger partial charge < -0.3 is 9.74 Å². The first-order valence-corrected chi connectivity index (χ1v) is 5.74. The Labute approximate surface area is 103 Å². The maximum absolute atomic E-state index is 12.6. The van der Waals surface area contributed by atoms with Crippen LogP contribution in [0.25, 0.3) is 0 Å². The summed E-state index contributed by atoms with van der Waals surface area (Å²) >= 11 is 0. The molecule has 3 nitrogen and oxygen atoms in total. The monoisotopic (exact) mass is 260 g/mol. The molecule has 2 rings (SSSR count). The number of halogens is 3. The SMILES string of the molecule is NOCC1CCN(c2cccc(C(F)(F)F)c2)C1. The standard InChI is InChI=1S/C12H15F3N2O/c13-12(14,15)10-2-1-3-11(6-10)17-5-4-9(7-17)8-18-16/h1-3,6,9H,4-5,7-8,16H2. The Morgan fingerprint density at radius 1 is 1.39 bits per heavy atom. The zero-order valence-electron chi connectivity index (χ0n) is 9.78. The van der Waals surface area contributed by atoms with Gasteiger partial charge in [0.2, 0.25) is 0 Å². The Morgan fingerprint density at radius 3 is 2.83 bits per heavy atom. The Hall–Kier alpha value is -1.27. The third-order valence-corrected chi connectivity index (χ3v) is 3.16. The van der Waals surface area contributed by atoms with Gasteiger partial charge in [-0.05, 0) is 24.6 Å². The van der Waals surface area contributed by atoms with Crippen LogP contribution in [-0.2, 0) is 11.0 Å². The molecule has 2 N–H and O–H groups in total. The highest BCUT2D eigenvalue weighted by Crippen LogP contribution is 2.33. The van der Waals surface area contributed by atoms with Crippen LogP contribution in [0.4, 0.5) is 18.9 Å². The molecule has 1 aromatic carbocycles. The molecule has 0 aliphatic carbocycles. The summed E-state index contributed by atoms with van der Waals surface area (Å²) in [6.45, 7) is 1.85. The summed E-state index contributed by atoms with van der Waals surface area (Å²) in [6.07, 6.45) is -3.41. The fourth-order valence-electron chi connectivity index (χ4n) is 2.22. The van der Waals surface area contributed by atoms with Crippen LogP contribution in [0.3, 0.4) is 0 Å². The van der Waals surface area contributed by atoms with Crippen LogP contribution >= 0.6 is 0 Å². The summed E-state index contributed by atoms with van der Waals surface area (Å²) in [5, 5.41) is 0. The topological polar surface area (TPSA) is 38.5 Å². The van der Waals surface area contributed by atoms with E-state index in [9.17, 15) is 13.2 Å². The van der Waals surface area contributed by atoms with Crippen molar-refractivity contribution < 1.29 is 18.0 Å². The van der Waals surface area contributed by atoms with Gasteiger partial charge in [0.15, 0.2) is 0 Å². The minimum Gasteiger partial charge on any atom is -0.371 e. The van der Waals surface area contributed by atoms with E-state index < -0.39 is 11.7 Å². The van der Waals surface area contributed by atoms with Crippen molar-refractivity contribution in [2.45, 2.75) is 12.6 Å². The van der Waals surface area contributed by atoms with E-state index >= 15 is 0 Å². The van der Waals surface area contributed by atoms with Crippen LogP contribution in [0, 0.1) is 5.92 Å². The van der Waals surface area contributed by atoms with Gasteiger partial charge in [-0.15, -0.1) is 0 Å². The molecular weight excluding hydrogens is 245 g/mol. The first-order chi connectivity index (χ1) is 8.50. The quantitative estimate of drug-likeness (QED) is 0.848. The Morgan fingerprint density at radius 2 is 2.17 bits per heavy atom. The van der Waals surface area contributed by atoms with E-state index in [0.717, 1.165) is 19.0 Å². The lowest BCUT2D eigenvalue weighted by molar-refractivity contribution is -0.137. The summed E-state index contributed by atoms with van der Waals surface area (Å²) in [5.41, 5.74) is -0.0112. The van der Waals surface area contributed by atoms with Crippen LogP contribution in [0.1, 0.15) is 12.0 Å². The molecule has 0 saturated carbocycles. The Balaban J connectivity index is 2.10. The van der Waals surface area contributed by atoms with Gasteiger partial charge in [0.25, 0.3) is 0 Å². The van der Waals surface area contributed by atoms with E-state index in [0.29, 0.717) is 18.8 Å². The van der Waals surface area contributed by atoms with E-state index in [2.05, 4.69) is 4.84 Å². The van der Waals surface area contributed by atoms with Crippen LogP contribution in [0.5, 0.6) is 0 Å². The van der Waals surface area contributed by atoms with Crippen molar-refractivity contribution in [3.05, 3.63) is 29.8 Å². The number of benzene rings is 1. The van der Waals surface area contributed by atoms with E-state index in [-0.39, 0.29) is 5.92 Å². The predicted octanol–water partition coefficient (Wildman–Crippen LogP) is 2.42. The molecule has 100 valence electrons. The van der Waals surface area contributed by atoms with Crippen molar-refractivity contribution in [2.24, 2.45) is 11.8 Å². The zero-order chi connectivity index (χ0) is 13.2. The maximum Gasteiger partial charge on any atom is 0.416 e. The van der Waals surface area contributed by atoms with Gasteiger partial charge in [0, 0.05) is 24.7 Å². The number of alkyl halides is 3. The van der Waals surface area contributed by atoms with Gasteiger partial charge in [0.05, 0.1) is 12.2 Å². The fraction of sp³-hybridized carbons (Fsp3) is 0.500. The summed E-state index contributed by atoms with van der Waals surface area (Å²) in [7, 11) is 0. The summed E-state index contributed by atoms with van der Waals surface area (Å²) in [5.74, 6) is 5.29. The minimum atomic E-state index is -4.30. The highest BCUT2D eigenvalue weighted by molar-refractivity contribution is 5.50. The lowest BCUT2D eigenvalue weighted by Gasteiger charge is -2.20. The number of nitrogens with two attached hydrogens (primary N) is 1. The summed E-state index contributed by atoms with van der Waals surface area (Å²) < 4.78 is 37.8. The van der Waals surface area contributed by atoms with Gasteiger partial charge in [-0.25, -0.2) is 5.90 Å². The lowest BCUT2D eigenvalue weighted by Crippen LogP contribution is -2.22. The summed E-state index contributed by atoms with van der Waals surface area (Å²) in [4.78, 5) is 6.51. The molecule has 0 aromatic heterocycles. The first-order valence-electron chi connectivity index (χ1n) is 5.74. The van der Waals surface area contributed by atoms with Crippen molar-refractivity contribution in [2.75, 3.05) is 24.6 Å². The van der Waals surface area contributed by atoms with Crippen molar-refractivity contribution in [1.82, 2.24) is 0 Å². The molecule has 1 fully saturated rings. The highest BCUT2D eigenvalue weighted by Gasteiger charge is 2.31. The number of nitrogens with zero attached hydrogens (tertiary/aromatic N) is 1. The molecule has 1 heterocycles. The normalized spacial score (nSPS) is 20.4.